The average Bonchev–Trinajstić information content (AvgIpc) is 2.74. The van der Waals surface area contributed by atoms with Gasteiger partial charge in [0, 0.05) is 31.3 Å². The van der Waals surface area contributed by atoms with Crippen LogP contribution in [0.5, 0.6) is 5.75 Å². The second kappa shape index (κ2) is 8.64. The Hall–Kier alpha value is -2.36. The predicted molar refractivity (Wildman–Crippen MR) is 113 cm³/mol. The van der Waals surface area contributed by atoms with Gasteiger partial charge in [-0.1, -0.05) is 28.1 Å². The SMILES string of the molecule is COCCCN1COc2ccc3c(=O)c(-c4ccc(Br)cc4)c(C(F)(F)F)oc3c2C1. The Kier molecular flexibility index (Phi) is 6.09. The molecule has 31 heavy (non-hydrogen) atoms. The first-order valence-corrected chi connectivity index (χ1v) is 10.4. The molecule has 9 heteroatoms. The van der Waals surface area contributed by atoms with E-state index in [1.165, 1.54) is 18.2 Å². The maximum atomic E-state index is 13.9. The zero-order valence-electron chi connectivity index (χ0n) is 16.6. The standard InChI is InChI=1S/C22H19BrF3NO4/c1-29-10-2-9-27-11-16-17(30-12-27)8-7-15-19(28)18(13-3-5-14(23)6-4-13)21(22(24,25)26)31-20(15)16/h3-8H,2,9-12H2,1H3. The van der Waals surface area contributed by atoms with Crippen LogP contribution >= 0.6 is 15.9 Å². The molecular weight excluding hydrogens is 479 g/mol. The van der Waals surface area contributed by atoms with Crippen molar-refractivity contribution >= 4 is 26.9 Å². The molecule has 0 unspecified atom stereocenters. The van der Waals surface area contributed by atoms with E-state index in [0.29, 0.717) is 42.2 Å². The van der Waals surface area contributed by atoms with Crippen LogP contribution in [-0.4, -0.2) is 31.9 Å². The molecule has 2 heterocycles. The van der Waals surface area contributed by atoms with E-state index >= 15 is 0 Å². The highest BCUT2D eigenvalue weighted by Crippen LogP contribution is 2.40. The molecule has 2 aromatic carbocycles. The molecule has 5 nitrogen and oxygen atoms in total. The molecular formula is C22H19BrF3NO4. The predicted octanol–water partition coefficient (Wildman–Crippen LogP) is 5.43. The van der Waals surface area contributed by atoms with E-state index in [2.05, 4.69) is 15.9 Å². The van der Waals surface area contributed by atoms with Gasteiger partial charge in [0.25, 0.3) is 0 Å². The topological polar surface area (TPSA) is 51.9 Å². The van der Waals surface area contributed by atoms with Crippen molar-refractivity contribution in [2.24, 2.45) is 0 Å². The van der Waals surface area contributed by atoms with Crippen molar-refractivity contribution < 1.29 is 27.1 Å². The molecule has 0 N–H and O–H groups in total. The third kappa shape index (κ3) is 4.35. The number of hydrogen-bond acceptors (Lipinski definition) is 5. The molecule has 1 aromatic heterocycles. The number of halogens is 4. The Morgan fingerprint density at radius 3 is 2.58 bits per heavy atom. The maximum absolute atomic E-state index is 13.9. The molecule has 0 spiro atoms. The van der Waals surface area contributed by atoms with Crippen molar-refractivity contribution in [2.75, 3.05) is 27.0 Å². The van der Waals surface area contributed by atoms with Gasteiger partial charge in [0.05, 0.1) is 16.5 Å². The molecule has 1 aliphatic rings. The summed E-state index contributed by atoms with van der Waals surface area (Å²) in [5, 5.41) is 0.0898. The molecule has 4 rings (SSSR count). The van der Waals surface area contributed by atoms with Gasteiger partial charge in [-0.3, -0.25) is 9.69 Å². The number of alkyl halides is 3. The highest BCUT2D eigenvalue weighted by atomic mass is 79.9. The lowest BCUT2D eigenvalue weighted by Gasteiger charge is -2.29. The molecule has 0 saturated carbocycles. The minimum atomic E-state index is -4.84. The van der Waals surface area contributed by atoms with Crippen LogP contribution in [-0.2, 0) is 17.5 Å². The second-order valence-corrected chi connectivity index (χ2v) is 8.15. The Morgan fingerprint density at radius 1 is 1.16 bits per heavy atom. The van der Waals surface area contributed by atoms with E-state index in [0.717, 1.165) is 6.42 Å². The molecule has 0 aliphatic carbocycles. The van der Waals surface area contributed by atoms with Crippen LogP contribution in [0.4, 0.5) is 13.2 Å². The fourth-order valence-corrected chi connectivity index (χ4v) is 3.93. The zero-order chi connectivity index (χ0) is 22.2. The Bertz CT molecular complexity index is 1160. The number of nitrogens with zero attached hydrogens (tertiary/aromatic N) is 1. The van der Waals surface area contributed by atoms with E-state index in [9.17, 15) is 18.0 Å². The highest BCUT2D eigenvalue weighted by molar-refractivity contribution is 9.10. The number of hydrogen-bond donors (Lipinski definition) is 0. The van der Waals surface area contributed by atoms with Gasteiger partial charge in [-0.25, -0.2) is 0 Å². The van der Waals surface area contributed by atoms with Gasteiger partial charge in [0.15, 0.2) is 0 Å². The van der Waals surface area contributed by atoms with Crippen LogP contribution in [0.3, 0.4) is 0 Å². The van der Waals surface area contributed by atoms with Crippen molar-refractivity contribution in [3.05, 3.63) is 62.4 Å². The van der Waals surface area contributed by atoms with Gasteiger partial charge >= 0.3 is 6.18 Å². The summed E-state index contributed by atoms with van der Waals surface area (Å²) in [6.45, 7) is 1.81. The average molecular weight is 498 g/mol. The lowest BCUT2D eigenvalue weighted by atomic mass is 10.00. The van der Waals surface area contributed by atoms with Gasteiger partial charge in [-0.15, -0.1) is 0 Å². The summed E-state index contributed by atoms with van der Waals surface area (Å²) in [6.07, 6.45) is -4.10. The van der Waals surface area contributed by atoms with Gasteiger partial charge in [-0.2, -0.15) is 13.2 Å². The van der Waals surface area contributed by atoms with E-state index in [1.54, 1.807) is 25.3 Å². The van der Waals surface area contributed by atoms with Crippen LogP contribution in [0.15, 0.2) is 50.1 Å². The summed E-state index contributed by atoms with van der Waals surface area (Å²) >= 11 is 3.25. The van der Waals surface area contributed by atoms with Crippen molar-refractivity contribution in [1.29, 1.82) is 0 Å². The second-order valence-electron chi connectivity index (χ2n) is 7.23. The first-order chi connectivity index (χ1) is 14.8. The number of benzene rings is 2. The molecule has 0 saturated heterocycles. The summed E-state index contributed by atoms with van der Waals surface area (Å²) < 4.78 is 58.7. The normalized spacial score (nSPS) is 14.5. The first kappa shape index (κ1) is 21.9. The molecule has 0 atom stereocenters. The van der Waals surface area contributed by atoms with Gasteiger partial charge < -0.3 is 13.9 Å². The van der Waals surface area contributed by atoms with Crippen LogP contribution in [0, 0.1) is 0 Å². The number of ether oxygens (including phenoxy) is 2. The van der Waals surface area contributed by atoms with Crippen LogP contribution in [0.2, 0.25) is 0 Å². The summed E-state index contributed by atoms with van der Waals surface area (Å²) in [5.41, 5.74) is -0.740. The summed E-state index contributed by atoms with van der Waals surface area (Å²) in [5.74, 6) is -0.889. The third-order valence-electron chi connectivity index (χ3n) is 5.12. The fraction of sp³-hybridized carbons (Fsp3) is 0.318. The van der Waals surface area contributed by atoms with Crippen LogP contribution in [0.25, 0.3) is 22.1 Å². The van der Waals surface area contributed by atoms with Crippen LogP contribution < -0.4 is 10.2 Å². The number of methoxy groups -OCH3 is 1. The summed E-state index contributed by atoms with van der Waals surface area (Å²) in [6, 6.07) is 9.14. The smallest absolute Gasteiger partial charge is 0.450 e. The molecule has 164 valence electrons. The summed E-state index contributed by atoms with van der Waals surface area (Å²) in [7, 11) is 1.60. The highest BCUT2D eigenvalue weighted by Gasteiger charge is 2.40. The van der Waals surface area contributed by atoms with Gasteiger partial charge in [0.1, 0.15) is 18.1 Å². The quantitative estimate of drug-likeness (QED) is 0.440. The Balaban J connectivity index is 1.88. The van der Waals surface area contributed by atoms with E-state index in [4.69, 9.17) is 13.9 Å². The van der Waals surface area contributed by atoms with Crippen molar-refractivity contribution in [1.82, 2.24) is 4.90 Å². The molecule has 0 bridgehead atoms. The van der Waals surface area contributed by atoms with E-state index in [-0.39, 0.29) is 16.5 Å². The van der Waals surface area contributed by atoms with E-state index < -0.39 is 22.9 Å². The van der Waals surface area contributed by atoms with Crippen molar-refractivity contribution in [3.8, 4) is 16.9 Å². The minimum Gasteiger partial charge on any atom is -0.478 e. The fourth-order valence-electron chi connectivity index (χ4n) is 3.67. The zero-order valence-corrected chi connectivity index (χ0v) is 18.2. The Morgan fingerprint density at radius 2 is 1.90 bits per heavy atom. The Labute approximate surface area is 184 Å². The largest absolute Gasteiger partial charge is 0.478 e. The third-order valence-corrected chi connectivity index (χ3v) is 5.65. The molecule has 0 amide bonds. The monoisotopic (exact) mass is 497 g/mol. The molecule has 3 aromatic rings. The summed E-state index contributed by atoms with van der Waals surface area (Å²) in [4.78, 5) is 15.1. The van der Waals surface area contributed by atoms with Gasteiger partial charge in [-0.05, 0) is 36.2 Å². The van der Waals surface area contributed by atoms with E-state index in [1.807, 2.05) is 4.90 Å². The number of fused-ring (bicyclic) bond motifs is 3. The number of rotatable bonds is 5. The van der Waals surface area contributed by atoms with Crippen molar-refractivity contribution in [2.45, 2.75) is 19.1 Å². The molecule has 0 fully saturated rings. The molecule has 0 radical (unpaired) electrons. The lowest BCUT2D eigenvalue weighted by Crippen LogP contribution is -2.33. The first-order valence-electron chi connectivity index (χ1n) is 9.59. The minimum absolute atomic E-state index is 0.0898. The lowest BCUT2D eigenvalue weighted by molar-refractivity contribution is -0.152. The van der Waals surface area contributed by atoms with Crippen molar-refractivity contribution in [3.63, 3.8) is 0 Å². The van der Waals surface area contributed by atoms with Crippen LogP contribution in [0.1, 0.15) is 17.7 Å². The maximum Gasteiger partial charge on any atom is 0.450 e. The van der Waals surface area contributed by atoms with Gasteiger partial charge in [0.2, 0.25) is 11.2 Å². The molecule has 1 aliphatic heterocycles.